The molecule has 0 amide bonds. The fourth-order valence-corrected chi connectivity index (χ4v) is 1.64. The summed E-state index contributed by atoms with van der Waals surface area (Å²) < 4.78 is 3.36. The first-order valence-electron chi connectivity index (χ1n) is 2.63. The molecule has 0 N–H and O–H groups in total. The largest absolute Gasteiger partial charge is 0.333 e. The molecule has 0 saturated heterocycles. The Morgan fingerprint density at radius 3 is 2.10 bits per heavy atom. The van der Waals surface area contributed by atoms with E-state index in [1.54, 1.807) is 0 Å². The van der Waals surface area contributed by atoms with E-state index in [9.17, 15) is 4.79 Å². The molecule has 0 aliphatic rings. The van der Waals surface area contributed by atoms with Crippen LogP contribution in [-0.2, 0) is 7.05 Å². The molecule has 0 saturated carbocycles. The fourth-order valence-electron chi connectivity index (χ4n) is 0.572. The van der Waals surface area contributed by atoms with Gasteiger partial charge in [0.15, 0.2) is 5.43 Å². The second kappa shape index (κ2) is 2.88. The lowest BCUT2D eigenvalue weighted by molar-refractivity contribution is 0.846. The Hall–Kier alpha value is -0.0900. The highest BCUT2D eigenvalue weighted by Gasteiger charge is 1.96. The molecule has 0 fully saturated rings. The van der Waals surface area contributed by atoms with Crippen LogP contribution in [0.1, 0.15) is 0 Å². The normalized spacial score (nSPS) is 9.90. The van der Waals surface area contributed by atoms with Gasteiger partial charge in [-0.15, -0.1) is 0 Å². The maximum absolute atomic E-state index is 10.8. The minimum atomic E-state index is -0.00292. The Labute approximate surface area is 75.1 Å². The van der Waals surface area contributed by atoms with Gasteiger partial charge in [0.1, 0.15) is 0 Å². The molecule has 0 aromatic carbocycles. The van der Waals surface area contributed by atoms with E-state index < -0.39 is 0 Å². The molecule has 1 aromatic heterocycles. The van der Waals surface area contributed by atoms with Crippen molar-refractivity contribution < 1.29 is 0 Å². The third-order valence-electron chi connectivity index (χ3n) is 1.16. The molecule has 0 spiro atoms. The summed E-state index contributed by atoms with van der Waals surface area (Å²) in [7, 11) is 1.85. The van der Waals surface area contributed by atoms with E-state index in [2.05, 4.69) is 31.9 Å². The van der Waals surface area contributed by atoms with Crippen LogP contribution in [0.2, 0.25) is 0 Å². The van der Waals surface area contributed by atoms with Crippen LogP contribution in [0.5, 0.6) is 0 Å². The number of nitrogens with zero attached hydrogens (tertiary/aromatic N) is 1. The molecule has 1 aromatic rings. The quantitative estimate of drug-likeness (QED) is 0.658. The molecule has 1 rings (SSSR count). The fraction of sp³-hybridized carbons (Fsp3) is 0.167. The zero-order chi connectivity index (χ0) is 7.72. The van der Waals surface area contributed by atoms with Gasteiger partial charge in [-0.05, 0) is 31.9 Å². The lowest BCUT2D eigenvalue weighted by atomic mass is 10.5. The van der Waals surface area contributed by atoms with Crippen molar-refractivity contribution in [3.8, 4) is 0 Å². The minimum Gasteiger partial charge on any atom is -0.333 e. The van der Waals surface area contributed by atoms with Crippen molar-refractivity contribution in [3.63, 3.8) is 0 Å². The van der Waals surface area contributed by atoms with Gasteiger partial charge in [-0.1, -0.05) is 0 Å². The molecule has 0 aliphatic heterocycles. The third kappa shape index (κ3) is 1.49. The highest BCUT2D eigenvalue weighted by atomic mass is 79.9. The smallest absolute Gasteiger partial charge is 0.183 e. The maximum atomic E-state index is 10.8. The van der Waals surface area contributed by atoms with Crippen LogP contribution in [0.15, 0.2) is 26.1 Å². The van der Waals surface area contributed by atoms with E-state index in [1.807, 2.05) is 11.6 Å². The second-order valence-electron chi connectivity index (χ2n) is 1.90. The Morgan fingerprint density at radius 1 is 1.30 bits per heavy atom. The van der Waals surface area contributed by atoms with E-state index in [0.29, 0.717) is 0 Å². The molecular weight excluding hydrogens is 262 g/mol. The van der Waals surface area contributed by atoms with Crippen LogP contribution in [0.4, 0.5) is 0 Å². The minimum absolute atomic E-state index is 0.00292. The van der Waals surface area contributed by atoms with Crippen molar-refractivity contribution in [3.05, 3.63) is 31.6 Å². The molecule has 0 unspecified atom stereocenters. The summed E-state index contributed by atoms with van der Waals surface area (Å²) in [6.45, 7) is 0. The SMILES string of the molecule is Cn1c(Br)cc(=O)cc1Br. The highest BCUT2D eigenvalue weighted by molar-refractivity contribution is 9.11. The monoisotopic (exact) mass is 265 g/mol. The molecule has 10 heavy (non-hydrogen) atoms. The van der Waals surface area contributed by atoms with Gasteiger partial charge in [-0.3, -0.25) is 4.79 Å². The van der Waals surface area contributed by atoms with E-state index >= 15 is 0 Å². The van der Waals surface area contributed by atoms with Crippen molar-refractivity contribution in [1.29, 1.82) is 0 Å². The molecule has 0 radical (unpaired) electrons. The van der Waals surface area contributed by atoms with Gasteiger partial charge in [-0.25, -0.2) is 0 Å². The van der Waals surface area contributed by atoms with Gasteiger partial charge >= 0.3 is 0 Å². The first-order chi connectivity index (χ1) is 4.61. The molecule has 1 heterocycles. The highest BCUT2D eigenvalue weighted by Crippen LogP contribution is 2.12. The summed E-state index contributed by atoms with van der Waals surface area (Å²) in [6.07, 6.45) is 0. The summed E-state index contributed by atoms with van der Waals surface area (Å²) >= 11 is 6.46. The van der Waals surface area contributed by atoms with Gasteiger partial charge < -0.3 is 4.57 Å². The summed E-state index contributed by atoms with van der Waals surface area (Å²) in [5.41, 5.74) is -0.00292. The summed E-state index contributed by atoms with van der Waals surface area (Å²) in [5.74, 6) is 0. The zero-order valence-electron chi connectivity index (χ0n) is 5.27. The lowest BCUT2D eigenvalue weighted by Gasteiger charge is -2.02. The average Bonchev–Trinajstić information content (AvgIpc) is 1.82. The molecule has 2 nitrogen and oxygen atoms in total. The first-order valence-corrected chi connectivity index (χ1v) is 4.22. The van der Waals surface area contributed by atoms with Gasteiger partial charge in [-0.2, -0.15) is 0 Å². The topological polar surface area (TPSA) is 22.0 Å². The number of halogens is 2. The number of hydrogen-bond acceptors (Lipinski definition) is 1. The average molecular weight is 267 g/mol. The summed E-state index contributed by atoms with van der Waals surface area (Å²) in [6, 6.07) is 3.04. The number of rotatable bonds is 0. The first kappa shape index (κ1) is 8.01. The molecule has 54 valence electrons. The third-order valence-corrected chi connectivity index (χ3v) is 2.69. The van der Waals surface area contributed by atoms with Gasteiger partial charge in [0.2, 0.25) is 0 Å². The van der Waals surface area contributed by atoms with Crippen LogP contribution in [0, 0.1) is 0 Å². The van der Waals surface area contributed by atoms with Gasteiger partial charge in [0.05, 0.1) is 9.21 Å². The van der Waals surface area contributed by atoms with Crippen molar-refractivity contribution in [2.75, 3.05) is 0 Å². The Kier molecular flexibility index (Phi) is 2.31. The van der Waals surface area contributed by atoms with E-state index in [0.717, 1.165) is 9.21 Å². The molecule has 0 atom stereocenters. The van der Waals surface area contributed by atoms with Crippen molar-refractivity contribution in [1.82, 2.24) is 4.57 Å². The van der Waals surface area contributed by atoms with Crippen LogP contribution in [0.3, 0.4) is 0 Å². The molecular formula is C6H5Br2NO. The summed E-state index contributed by atoms with van der Waals surface area (Å²) in [5, 5.41) is 0. The molecule has 0 aliphatic carbocycles. The van der Waals surface area contributed by atoms with Crippen LogP contribution in [0.25, 0.3) is 0 Å². The maximum Gasteiger partial charge on any atom is 0.183 e. The van der Waals surface area contributed by atoms with E-state index in [1.165, 1.54) is 12.1 Å². The predicted molar refractivity (Wildman–Crippen MR) is 47.1 cm³/mol. The van der Waals surface area contributed by atoms with Gasteiger partial charge in [0, 0.05) is 19.2 Å². The second-order valence-corrected chi connectivity index (χ2v) is 3.52. The number of pyridine rings is 1. The van der Waals surface area contributed by atoms with Crippen LogP contribution < -0.4 is 5.43 Å². The van der Waals surface area contributed by atoms with Crippen molar-refractivity contribution >= 4 is 31.9 Å². The predicted octanol–water partition coefficient (Wildman–Crippen LogP) is 1.91. The van der Waals surface area contributed by atoms with E-state index in [-0.39, 0.29) is 5.43 Å². The lowest BCUT2D eigenvalue weighted by Crippen LogP contribution is -2.04. The number of aromatic nitrogens is 1. The molecule has 0 bridgehead atoms. The van der Waals surface area contributed by atoms with E-state index in [4.69, 9.17) is 0 Å². The van der Waals surface area contributed by atoms with Crippen LogP contribution >= 0.6 is 31.9 Å². The zero-order valence-corrected chi connectivity index (χ0v) is 8.44. The van der Waals surface area contributed by atoms with Gasteiger partial charge in [0.25, 0.3) is 0 Å². The van der Waals surface area contributed by atoms with Crippen molar-refractivity contribution in [2.24, 2.45) is 7.05 Å². The summed E-state index contributed by atoms with van der Waals surface area (Å²) in [4.78, 5) is 10.8. The Bertz CT molecular complexity index is 279. The molecule has 4 heteroatoms. The Balaban J connectivity index is 3.46. The number of hydrogen-bond donors (Lipinski definition) is 0. The van der Waals surface area contributed by atoms with Crippen molar-refractivity contribution in [2.45, 2.75) is 0 Å². The van der Waals surface area contributed by atoms with Crippen LogP contribution in [-0.4, -0.2) is 4.57 Å². The Morgan fingerprint density at radius 2 is 1.70 bits per heavy atom. The standard InChI is InChI=1S/C6H5Br2NO/c1-9-5(7)2-4(10)3-6(9)8/h2-3H,1H3.